The van der Waals surface area contributed by atoms with Crippen LogP contribution in [0.15, 0.2) is 94.7 Å². The van der Waals surface area contributed by atoms with E-state index >= 15 is 0 Å². The number of hydrogen-bond acceptors (Lipinski definition) is 2. The number of carbonyl (C=O) groups excluding carboxylic acids is 1. The first-order valence-electron chi connectivity index (χ1n) is 10.2. The molecule has 156 valence electrons. The lowest BCUT2D eigenvalue weighted by molar-refractivity contribution is -0.125. The molecule has 0 aromatic rings. The van der Waals surface area contributed by atoms with Crippen LogP contribution in [0.3, 0.4) is 0 Å². The predicted molar refractivity (Wildman–Crippen MR) is 126 cm³/mol. The van der Waals surface area contributed by atoms with Gasteiger partial charge in [-0.25, -0.2) is 0 Å². The van der Waals surface area contributed by atoms with Crippen LogP contribution in [-0.2, 0) is 4.79 Å². The highest BCUT2D eigenvalue weighted by Crippen LogP contribution is 2.39. The second-order valence-electron chi connectivity index (χ2n) is 8.32. The Hall–Kier alpha value is -2.45. The van der Waals surface area contributed by atoms with Crippen molar-refractivity contribution in [3.63, 3.8) is 0 Å². The van der Waals surface area contributed by atoms with E-state index in [1.165, 1.54) is 11.1 Å². The molecule has 1 aliphatic carbocycles. The van der Waals surface area contributed by atoms with Crippen LogP contribution in [0.4, 0.5) is 0 Å². The Morgan fingerprint density at radius 1 is 0.931 bits per heavy atom. The molecule has 1 N–H and O–H groups in total. The van der Waals surface area contributed by atoms with Crippen molar-refractivity contribution in [1.29, 1.82) is 0 Å². The Balaban J connectivity index is 2.82. The molecule has 2 nitrogen and oxygen atoms in total. The molecule has 29 heavy (non-hydrogen) atoms. The summed E-state index contributed by atoms with van der Waals surface area (Å²) in [7, 11) is 0. The first kappa shape index (κ1) is 24.6. The molecule has 0 amide bonds. The zero-order valence-electron chi connectivity index (χ0n) is 19.0. The molecule has 0 aliphatic heterocycles. The van der Waals surface area contributed by atoms with Crippen LogP contribution in [0, 0.1) is 5.41 Å². The van der Waals surface area contributed by atoms with Crippen molar-refractivity contribution in [2.24, 2.45) is 5.41 Å². The van der Waals surface area contributed by atoms with Gasteiger partial charge in [0.1, 0.15) is 6.10 Å². The lowest BCUT2D eigenvalue weighted by atomic mass is 9.71. The monoisotopic (exact) mass is 392 g/mol. The van der Waals surface area contributed by atoms with Crippen LogP contribution in [-0.4, -0.2) is 17.0 Å². The van der Waals surface area contributed by atoms with E-state index in [0.29, 0.717) is 12.0 Å². The number of aliphatic hydroxyl groups is 1. The number of allylic oxidation sites excluding steroid dienone is 15. The van der Waals surface area contributed by atoms with Gasteiger partial charge in [0, 0.05) is 0 Å². The zero-order chi connectivity index (χ0) is 22.0. The van der Waals surface area contributed by atoms with Crippen LogP contribution in [0.2, 0.25) is 0 Å². The maximum Gasteiger partial charge on any atom is 0.187 e. The Morgan fingerprint density at radius 3 is 1.93 bits per heavy atom. The Morgan fingerprint density at radius 2 is 1.41 bits per heavy atom. The van der Waals surface area contributed by atoms with Gasteiger partial charge in [0.25, 0.3) is 0 Å². The first-order chi connectivity index (χ1) is 13.6. The Labute approximate surface area is 177 Å². The zero-order valence-corrected chi connectivity index (χ0v) is 19.0. The summed E-state index contributed by atoms with van der Waals surface area (Å²) >= 11 is 0. The largest absolute Gasteiger partial charge is 0.385 e. The van der Waals surface area contributed by atoms with Crippen molar-refractivity contribution < 1.29 is 9.90 Å². The van der Waals surface area contributed by atoms with E-state index in [0.717, 1.165) is 11.1 Å². The van der Waals surface area contributed by atoms with Gasteiger partial charge in [-0.05, 0) is 57.6 Å². The van der Waals surface area contributed by atoms with Gasteiger partial charge in [-0.3, -0.25) is 4.79 Å². The Bertz CT molecular complexity index is 834. The second-order valence-corrected chi connectivity index (χ2v) is 8.32. The van der Waals surface area contributed by atoms with Gasteiger partial charge in [-0.15, -0.1) is 0 Å². The molecule has 2 heteroatoms. The van der Waals surface area contributed by atoms with Crippen molar-refractivity contribution in [1.82, 2.24) is 0 Å². The second kappa shape index (κ2) is 11.5. The van der Waals surface area contributed by atoms with Crippen molar-refractivity contribution in [3.8, 4) is 0 Å². The summed E-state index contributed by atoms with van der Waals surface area (Å²) < 4.78 is 0. The molecule has 0 saturated carbocycles. The predicted octanol–water partition coefficient (Wildman–Crippen LogP) is 6.75. The number of ketones is 1. The SMILES string of the molecule is C/C=C/C=C(C)/C=C/C=C(C)/C=C/C=C(C)/C=C/C1=C(C)C(=O)C(O)CC1(C)C. The Kier molecular flexibility index (Phi) is 9.77. The fourth-order valence-corrected chi connectivity index (χ4v) is 3.26. The average molecular weight is 393 g/mol. The minimum absolute atomic E-state index is 0.157. The molecule has 0 aromatic carbocycles. The summed E-state index contributed by atoms with van der Waals surface area (Å²) in [6.07, 6.45) is 22.1. The van der Waals surface area contributed by atoms with Crippen molar-refractivity contribution >= 4 is 5.78 Å². The number of carbonyl (C=O) groups is 1. The molecule has 1 aliphatic rings. The molecule has 1 atom stereocenters. The van der Waals surface area contributed by atoms with Gasteiger partial charge < -0.3 is 5.11 Å². The molecular formula is C27H36O2. The van der Waals surface area contributed by atoms with Gasteiger partial charge in [0.15, 0.2) is 5.78 Å². The average Bonchev–Trinajstić information content (AvgIpc) is 2.64. The molecule has 1 rings (SSSR count). The van der Waals surface area contributed by atoms with E-state index in [9.17, 15) is 9.90 Å². The standard InChI is InChI=1S/C27H36O2/c1-8-9-12-20(2)13-10-14-21(3)15-11-16-22(4)17-18-24-23(5)26(29)25(28)19-27(24,6)7/h8-18,25,28H,19H2,1-7H3/b9-8+,13-10+,15-11+,18-17+,20-12+,21-14+,22-16+. The molecule has 0 radical (unpaired) electrons. The van der Waals surface area contributed by atoms with E-state index in [2.05, 4.69) is 64.2 Å². The van der Waals surface area contributed by atoms with E-state index in [4.69, 9.17) is 0 Å². The summed E-state index contributed by atoms with van der Waals surface area (Å²) in [6, 6.07) is 0. The van der Waals surface area contributed by atoms with E-state index in [1.54, 1.807) is 0 Å². The molecule has 0 saturated heterocycles. The molecule has 0 fully saturated rings. The normalized spacial score (nSPS) is 22.3. The highest BCUT2D eigenvalue weighted by molar-refractivity contribution is 6.00. The number of hydrogen-bond donors (Lipinski definition) is 1. The molecule has 0 heterocycles. The van der Waals surface area contributed by atoms with Crippen LogP contribution in [0.25, 0.3) is 0 Å². The van der Waals surface area contributed by atoms with Gasteiger partial charge in [-0.2, -0.15) is 0 Å². The molecule has 0 bridgehead atoms. The van der Waals surface area contributed by atoms with Crippen molar-refractivity contribution in [2.45, 2.75) is 61.0 Å². The number of rotatable bonds is 7. The molecular weight excluding hydrogens is 356 g/mol. The van der Waals surface area contributed by atoms with E-state index in [-0.39, 0.29) is 11.2 Å². The summed E-state index contributed by atoms with van der Waals surface area (Å²) in [4.78, 5) is 12.1. The maximum absolute atomic E-state index is 12.1. The summed E-state index contributed by atoms with van der Waals surface area (Å²) in [6.45, 7) is 14.1. The van der Waals surface area contributed by atoms with Gasteiger partial charge in [-0.1, -0.05) is 97.4 Å². The quantitative estimate of drug-likeness (QED) is 0.487. The summed E-state index contributed by atoms with van der Waals surface area (Å²) in [5, 5.41) is 9.93. The first-order valence-corrected chi connectivity index (χ1v) is 10.2. The number of aliphatic hydroxyl groups excluding tert-OH is 1. The van der Waals surface area contributed by atoms with E-state index < -0.39 is 6.10 Å². The van der Waals surface area contributed by atoms with Crippen molar-refractivity contribution in [3.05, 3.63) is 94.7 Å². The molecule has 0 spiro atoms. The van der Waals surface area contributed by atoms with Crippen molar-refractivity contribution in [2.75, 3.05) is 0 Å². The lowest BCUT2D eigenvalue weighted by Crippen LogP contribution is -2.35. The topological polar surface area (TPSA) is 37.3 Å². The minimum atomic E-state index is -0.882. The molecule has 1 unspecified atom stereocenters. The fraction of sp³-hybridized carbons (Fsp3) is 0.370. The number of Topliss-reactive ketones (excluding diaryl/α,β-unsaturated/α-hetero) is 1. The van der Waals surface area contributed by atoms with Gasteiger partial charge >= 0.3 is 0 Å². The van der Waals surface area contributed by atoms with Gasteiger partial charge in [0.2, 0.25) is 0 Å². The van der Waals surface area contributed by atoms with Crippen LogP contribution >= 0.6 is 0 Å². The maximum atomic E-state index is 12.1. The van der Waals surface area contributed by atoms with Crippen LogP contribution in [0.5, 0.6) is 0 Å². The summed E-state index contributed by atoms with van der Waals surface area (Å²) in [5.41, 5.74) is 4.93. The third-order valence-corrected chi connectivity index (χ3v) is 5.01. The third kappa shape index (κ3) is 8.21. The lowest BCUT2D eigenvalue weighted by Gasteiger charge is -2.34. The minimum Gasteiger partial charge on any atom is -0.385 e. The smallest absolute Gasteiger partial charge is 0.187 e. The van der Waals surface area contributed by atoms with Crippen LogP contribution < -0.4 is 0 Å². The third-order valence-electron chi connectivity index (χ3n) is 5.01. The highest BCUT2D eigenvalue weighted by atomic mass is 16.3. The van der Waals surface area contributed by atoms with Crippen LogP contribution in [0.1, 0.15) is 54.9 Å². The van der Waals surface area contributed by atoms with E-state index in [1.807, 2.05) is 51.2 Å². The highest BCUT2D eigenvalue weighted by Gasteiger charge is 2.36. The summed E-state index contributed by atoms with van der Waals surface area (Å²) in [5.74, 6) is -0.157. The fourth-order valence-electron chi connectivity index (χ4n) is 3.26. The molecule has 0 aromatic heterocycles. The van der Waals surface area contributed by atoms with Gasteiger partial charge in [0.05, 0.1) is 0 Å².